The zero-order chi connectivity index (χ0) is 32.8. The first-order chi connectivity index (χ1) is 21.2. The van der Waals surface area contributed by atoms with Gasteiger partial charge in [-0.05, 0) is 49.1 Å². The second-order valence-electron chi connectivity index (χ2n) is 11.5. The number of anilines is 1. The van der Waals surface area contributed by atoms with E-state index in [4.69, 9.17) is 11.6 Å². The highest BCUT2D eigenvalue weighted by molar-refractivity contribution is 7.92. The summed E-state index contributed by atoms with van der Waals surface area (Å²) in [4.78, 5) is 29.6. The van der Waals surface area contributed by atoms with E-state index < -0.39 is 45.9 Å². The number of aryl methyl sites for hydroxylation is 1. The minimum atomic E-state index is -4.78. The SMILES string of the molecule is Cc1cccc(CN(C(=O)CN(c2cc(C(F)(F)F)ccc2Cl)S(C)(=O)=O)[C@@H](Cc2ccccc2)C(=O)NC2CCCCC2)c1. The van der Waals surface area contributed by atoms with Crippen molar-refractivity contribution >= 4 is 39.1 Å². The van der Waals surface area contributed by atoms with E-state index in [9.17, 15) is 31.2 Å². The van der Waals surface area contributed by atoms with Crippen LogP contribution in [0.5, 0.6) is 0 Å². The normalized spacial score (nSPS) is 14.9. The maximum atomic E-state index is 14.3. The second kappa shape index (κ2) is 14.7. The van der Waals surface area contributed by atoms with Gasteiger partial charge < -0.3 is 10.2 Å². The largest absolute Gasteiger partial charge is 0.416 e. The number of sulfonamides is 1. The Morgan fingerprint density at radius 2 is 1.62 bits per heavy atom. The van der Waals surface area contributed by atoms with Crippen molar-refractivity contribution in [1.82, 2.24) is 10.2 Å². The summed E-state index contributed by atoms with van der Waals surface area (Å²) >= 11 is 6.22. The zero-order valence-electron chi connectivity index (χ0n) is 25.2. The van der Waals surface area contributed by atoms with Crippen molar-refractivity contribution in [2.24, 2.45) is 0 Å². The summed E-state index contributed by atoms with van der Waals surface area (Å²) < 4.78 is 67.3. The molecule has 12 heteroatoms. The summed E-state index contributed by atoms with van der Waals surface area (Å²) in [5, 5.41) is 2.83. The molecule has 4 rings (SSSR count). The quantitative estimate of drug-likeness (QED) is 0.253. The molecule has 7 nitrogen and oxygen atoms in total. The van der Waals surface area contributed by atoms with Crippen LogP contribution in [0.15, 0.2) is 72.8 Å². The highest BCUT2D eigenvalue weighted by atomic mass is 35.5. The average molecular weight is 664 g/mol. The standard InChI is InChI=1S/C33H37ClF3N3O4S/c1-23-10-9-13-25(18-23)21-39(30(19-24-11-5-3-6-12-24)32(42)38-27-14-7-4-8-15-27)31(41)22-40(45(2,43)44)29-20-26(33(35,36)37)16-17-28(29)34/h3,5-6,9-13,16-18,20,27,30H,4,7-8,14-15,19,21-22H2,1-2H3,(H,38,42)/t30-/m0/s1. The van der Waals surface area contributed by atoms with Crippen LogP contribution in [0.25, 0.3) is 0 Å². The Hall–Kier alpha value is -3.57. The van der Waals surface area contributed by atoms with Crippen molar-refractivity contribution in [2.75, 3.05) is 17.1 Å². The topological polar surface area (TPSA) is 86.8 Å². The van der Waals surface area contributed by atoms with Crippen LogP contribution in [0.3, 0.4) is 0 Å². The van der Waals surface area contributed by atoms with Gasteiger partial charge in [0.2, 0.25) is 21.8 Å². The highest BCUT2D eigenvalue weighted by Gasteiger charge is 2.36. The third kappa shape index (κ3) is 9.46. The smallest absolute Gasteiger partial charge is 0.352 e. The van der Waals surface area contributed by atoms with Crippen LogP contribution in [0.2, 0.25) is 5.02 Å². The molecule has 1 atom stereocenters. The van der Waals surface area contributed by atoms with Crippen molar-refractivity contribution in [3.8, 4) is 0 Å². The predicted molar refractivity (Wildman–Crippen MR) is 169 cm³/mol. The lowest BCUT2D eigenvalue weighted by atomic mass is 9.94. The molecular formula is C33H37ClF3N3O4S. The average Bonchev–Trinajstić information content (AvgIpc) is 2.98. The molecule has 45 heavy (non-hydrogen) atoms. The molecule has 1 fully saturated rings. The summed E-state index contributed by atoms with van der Waals surface area (Å²) in [6.07, 6.45) is 0.803. The van der Waals surface area contributed by atoms with Gasteiger partial charge in [0.05, 0.1) is 22.5 Å². The van der Waals surface area contributed by atoms with E-state index in [2.05, 4.69) is 5.32 Å². The summed E-state index contributed by atoms with van der Waals surface area (Å²) in [6.45, 7) is 0.978. The number of hydrogen-bond acceptors (Lipinski definition) is 4. The van der Waals surface area contributed by atoms with Gasteiger partial charge in [-0.1, -0.05) is 91.0 Å². The first kappa shape index (κ1) is 34.3. The fourth-order valence-electron chi connectivity index (χ4n) is 5.58. The van der Waals surface area contributed by atoms with Crippen molar-refractivity contribution in [3.05, 3.63) is 100 Å². The number of hydrogen-bond donors (Lipinski definition) is 1. The molecule has 0 saturated heterocycles. The van der Waals surface area contributed by atoms with E-state index in [1.807, 2.05) is 55.5 Å². The summed E-state index contributed by atoms with van der Waals surface area (Å²) in [7, 11) is -4.30. The first-order valence-corrected chi connectivity index (χ1v) is 17.0. The van der Waals surface area contributed by atoms with E-state index in [0.29, 0.717) is 15.9 Å². The van der Waals surface area contributed by atoms with E-state index in [0.717, 1.165) is 61.6 Å². The minimum absolute atomic E-state index is 0.0377. The molecule has 0 bridgehead atoms. The lowest BCUT2D eigenvalue weighted by Crippen LogP contribution is -2.55. The van der Waals surface area contributed by atoms with Gasteiger partial charge in [0, 0.05) is 19.0 Å². The molecule has 1 aliphatic rings. The number of alkyl halides is 3. The Balaban J connectivity index is 1.77. The van der Waals surface area contributed by atoms with E-state index in [-0.39, 0.29) is 29.9 Å². The fourth-order valence-corrected chi connectivity index (χ4v) is 6.70. The molecule has 1 aliphatic carbocycles. The molecule has 0 aromatic heterocycles. The summed E-state index contributed by atoms with van der Waals surface area (Å²) in [6, 6.07) is 17.7. The summed E-state index contributed by atoms with van der Waals surface area (Å²) in [5.74, 6) is -1.15. The first-order valence-electron chi connectivity index (χ1n) is 14.8. The molecule has 0 unspecified atom stereocenters. The molecule has 2 amide bonds. The fraction of sp³-hybridized carbons (Fsp3) is 0.394. The monoisotopic (exact) mass is 663 g/mol. The number of halogens is 4. The second-order valence-corrected chi connectivity index (χ2v) is 13.8. The van der Waals surface area contributed by atoms with Crippen LogP contribution < -0.4 is 9.62 Å². The third-order valence-corrected chi connectivity index (χ3v) is 9.33. The van der Waals surface area contributed by atoms with Crippen molar-refractivity contribution in [3.63, 3.8) is 0 Å². The third-order valence-electron chi connectivity index (χ3n) is 7.88. The number of nitrogens with one attached hydrogen (secondary N) is 1. The van der Waals surface area contributed by atoms with Crippen molar-refractivity contribution < 1.29 is 31.2 Å². The van der Waals surface area contributed by atoms with Crippen LogP contribution in [-0.2, 0) is 38.8 Å². The van der Waals surface area contributed by atoms with Crippen LogP contribution >= 0.6 is 11.6 Å². The Morgan fingerprint density at radius 1 is 0.956 bits per heavy atom. The maximum Gasteiger partial charge on any atom is 0.416 e. The maximum absolute atomic E-state index is 14.3. The van der Waals surface area contributed by atoms with Crippen molar-refractivity contribution in [1.29, 1.82) is 0 Å². The highest BCUT2D eigenvalue weighted by Crippen LogP contribution is 2.36. The molecular weight excluding hydrogens is 627 g/mol. The van der Waals surface area contributed by atoms with Crippen LogP contribution in [0.4, 0.5) is 18.9 Å². The number of carbonyl (C=O) groups excluding carboxylic acids is 2. The molecule has 3 aromatic carbocycles. The number of amides is 2. The van der Waals surface area contributed by atoms with Gasteiger partial charge in [0.15, 0.2) is 0 Å². The molecule has 0 aliphatic heterocycles. The Bertz CT molecular complexity index is 1600. The molecule has 3 aromatic rings. The van der Waals surface area contributed by atoms with E-state index in [1.165, 1.54) is 4.90 Å². The van der Waals surface area contributed by atoms with E-state index in [1.54, 1.807) is 6.07 Å². The van der Waals surface area contributed by atoms with Crippen molar-refractivity contribution in [2.45, 2.75) is 70.3 Å². The Labute approximate surface area is 267 Å². The van der Waals surface area contributed by atoms with Crippen LogP contribution in [0, 0.1) is 6.92 Å². The zero-order valence-corrected chi connectivity index (χ0v) is 26.8. The van der Waals surface area contributed by atoms with Gasteiger partial charge in [0.25, 0.3) is 0 Å². The van der Waals surface area contributed by atoms with Crippen LogP contribution in [-0.4, -0.2) is 50.0 Å². The van der Waals surface area contributed by atoms with Gasteiger partial charge >= 0.3 is 6.18 Å². The van der Waals surface area contributed by atoms with Gasteiger partial charge in [-0.2, -0.15) is 13.2 Å². The molecule has 0 spiro atoms. The Morgan fingerprint density at radius 3 is 2.24 bits per heavy atom. The predicted octanol–water partition coefficient (Wildman–Crippen LogP) is 6.52. The van der Waals surface area contributed by atoms with Gasteiger partial charge in [0.1, 0.15) is 12.6 Å². The minimum Gasteiger partial charge on any atom is -0.352 e. The Kier molecular flexibility index (Phi) is 11.2. The molecule has 242 valence electrons. The number of rotatable bonds is 11. The molecule has 0 heterocycles. The molecule has 1 saturated carbocycles. The lowest BCUT2D eigenvalue weighted by molar-refractivity contribution is -0.140. The lowest BCUT2D eigenvalue weighted by Gasteiger charge is -2.35. The molecule has 0 radical (unpaired) electrons. The van der Waals surface area contributed by atoms with Gasteiger partial charge in [-0.25, -0.2) is 8.42 Å². The van der Waals surface area contributed by atoms with Crippen LogP contribution in [0.1, 0.15) is 54.4 Å². The number of nitrogens with zero attached hydrogens (tertiary/aromatic N) is 2. The van der Waals surface area contributed by atoms with Gasteiger partial charge in [-0.3, -0.25) is 13.9 Å². The summed E-state index contributed by atoms with van der Waals surface area (Å²) in [5.41, 5.74) is 0.802. The molecule has 1 N–H and O–H groups in total. The number of carbonyl (C=O) groups is 2. The van der Waals surface area contributed by atoms with E-state index >= 15 is 0 Å². The number of benzene rings is 3. The van der Waals surface area contributed by atoms with Gasteiger partial charge in [-0.15, -0.1) is 0 Å².